The van der Waals surface area contributed by atoms with Crippen molar-refractivity contribution in [1.82, 2.24) is 9.80 Å². The molecule has 1 aliphatic heterocycles. The quantitative estimate of drug-likeness (QED) is 0.710. The van der Waals surface area contributed by atoms with E-state index >= 15 is 0 Å². The highest BCUT2D eigenvalue weighted by Gasteiger charge is 2.12. The molecule has 1 aromatic heterocycles. The van der Waals surface area contributed by atoms with Crippen LogP contribution in [0.15, 0.2) is 35.8 Å². The van der Waals surface area contributed by atoms with Gasteiger partial charge in [0.1, 0.15) is 0 Å². The Morgan fingerprint density at radius 3 is 2.92 bits per heavy atom. The van der Waals surface area contributed by atoms with Crippen LogP contribution in [0.5, 0.6) is 0 Å². The molecule has 0 saturated heterocycles. The van der Waals surface area contributed by atoms with Crippen LogP contribution in [0.1, 0.15) is 5.56 Å². The average molecular weight is 192 g/mol. The van der Waals surface area contributed by atoms with Gasteiger partial charge in [-0.1, -0.05) is 6.58 Å². The van der Waals surface area contributed by atoms with Crippen LogP contribution in [-0.2, 0) is 0 Å². The van der Waals surface area contributed by atoms with Gasteiger partial charge in [0, 0.05) is 30.7 Å². The standard InChI is InChI=1S/C10H12N2S/c1-9(10-3-6-13-7-10)12-5-4-11(2)8-12/h3-7H,1,8H2,2H3. The fraction of sp³-hybridized carbons (Fsp3) is 0.200. The molecule has 3 heteroatoms. The molecule has 2 nitrogen and oxygen atoms in total. The molecule has 0 radical (unpaired) electrons. The van der Waals surface area contributed by atoms with Gasteiger partial charge in [0.2, 0.25) is 0 Å². The van der Waals surface area contributed by atoms with Gasteiger partial charge < -0.3 is 9.80 Å². The van der Waals surface area contributed by atoms with Crippen molar-refractivity contribution >= 4 is 17.0 Å². The first-order valence-corrected chi connectivity index (χ1v) is 5.08. The largest absolute Gasteiger partial charge is 0.361 e. The topological polar surface area (TPSA) is 6.48 Å². The lowest BCUT2D eigenvalue weighted by Gasteiger charge is -2.19. The van der Waals surface area contributed by atoms with Crippen LogP contribution >= 0.6 is 11.3 Å². The average Bonchev–Trinajstić information content (AvgIpc) is 2.72. The Morgan fingerprint density at radius 2 is 2.38 bits per heavy atom. The lowest BCUT2D eigenvalue weighted by Crippen LogP contribution is -2.20. The molecule has 68 valence electrons. The maximum Gasteiger partial charge on any atom is 0.0938 e. The van der Waals surface area contributed by atoms with E-state index in [4.69, 9.17) is 0 Å². The lowest BCUT2D eigenvalue weighted by atomic mass is 10.2. The molecular formula is C10H12N2S. The van der Waals surface area contributed by atoms with Crippen LogP contribution in [0, 0.1) is 0 Å². The minimum Gasteiger partial charge on any atom is -0.361 e. The molecule has 2 heterocycles. The van der Waals surface area contributed by atoms with Gasteiger partial charge in [0.15, 0.2) is 0 Å². The normalized spacial score (nSPS) is 15.5. The SMILES string of the molecule is C=C(c1ccsc1)N1C=CN(C)C1. The van der Waals surface area contributed by atoms with E-state index in [1.807, 2.05) is 0 Å². The molecule has 2 rings (SSSR count). The summed E-state index contributed by atoms with van der Waals surface area (Å²) in [6, 6.07) is 2.10. The monoisotopic (exact) mass is 192 g/mol. The third-order valence-corrected chi connectivity index (χ3v) is 2.76. The predicted octanol–water partition coefficient (Wildman–Crippen LogP) is 2.39. The summed E-state index contributed by atoms with van der Waals surface area (Å²) in [5.41, 5.74) is 2.28. The van der Waals surface area contributed by atoms with E-state index < -0.39 is 0 Å². The Balaban J connectivity index is 2.11. The zero-order chi connectivity index (χ0) is 9.26. The first-order chi connectivity index (χ1) is 6.27. The van der Waals surface area contributed by atoms with Crippen molar-refractivity contribution in [2.75, 3.05) is 13.7 Å². The number of thiophene rings is 1. The number of rotatable bonds is 2. The molecule has 13 heavy (non-hydrogen) atoms. The zero-order valence-electron chi connectivity index (χ0n) is 7.60. The van der Waals surface area contributed by atoms with E-state index in [0.29, 0.717) is 0 Å². The summed E-state index contributed by atoms with van der Waals surface area (Å²) in [4.78, 5) is 4.26. The Bertz CT molecular complexity index is 327. The van der Waals surface area contributed by atoms with Gasteiger partial charge in [-0.2, -0.15) is 11.3 Å². The maximum atomic E-state index is 4.07. The summed E-state index contributed by atoms with van der Waals surface area (Å²) >= 11 is 1.70. The van der Waals surface area contributed by atoms with Crippen LogP contribution in [0.25, 0.3) is 5.70 Å². The van der Waals surface area contributed by atoms with E-state index in [0.717, 1.165) is 12.4 Å². The lowest BCUT2D eigenvalue weighted by molar-refractivity contribution is 0.376. The molecule has 0 fully saturated rings. The Kier molecular flexibility index (Phi) is 2.10. The van der Waals surface area contributed by atoms with Crippen LogP contribution in [-0.4, -0.2) is 23.5 Å². The fourth-order valence-electron chi connectivity index (χ4n) is 1.30. The third-order valence-electron chi connectivity index (χ3n) is 2.08. The summed E-state index contributed by atoms with van der Waals surface area (Å²) in [6.45, 7) is 4.97. The molecule has 0 atom stereocenters. The summed E-state index contributed by atoms with van der Waals surface area (Å²) in [5, 5.41) is 4.19. The second kappa shape index (κ2) is 3.26. The van der Waals surface area contributed by atoms with Crippen molar-refractivity contribution in [2.45, 2.75) is 0 Å². The molecule has 0 unspecified atom stereocenters. The second-order valence-electron chi connectivity index (χ2n) is 3.13. The summed E-state index contributed by atoms with van der Waals surface area (Å²) < 4.78 is 0. The smallest absolute Gasteiger partial charge is 0.0938 e. The third kappa shape index (κ3) is 1.60. The van der Waals surface area contributed by atoms with E-state index in [-0.39, 0.29) is 0 Å². The molecule has 0 amide bonds. The van der Waals surface area contributed by atoms with Crippen molar-refractivity contribution in [3.05, 3.63) is 41.4 Å². The summed E-state index contributed by atoms with van der Waals surface area (Å²) in [7, 11) is 2.05. The van der Waals surface area contributed by atoms with Crippen molar-refractivity contribution in [3.8, 4) is 0 Å². The van der Waals surface area contributed by atoms with E-state index in [1.54, 1.807) is 11.3 Å². The van der Waals surface area contributed by atoms with Gasteiger partial charge in [0.05, 0.1) is 6.67 Å². The molecule has 1 aromatic rings. The van der Waals surface area contributed by atoms with Crippen LogP contribution < -0.4 is 0 Å². The second-order valence-corrected chi connectivity index (χ2v) is 3.91. The first kappa shape index (κ1) is 8.38. The van der Waals surface area contributed by atoms with Crippen molar-refractivity contribution in [1.29, 1.82) is 0 Å². The van der Waals surface area contributed by atoms with Crippen molar-refractivity contribution in [3.63, 3.8) is 0 Å². The van der Waals surface area contributed by atoms with Crippen LogP contribution in [0.2, 0.25) is 0 Å². The highest BCUT2D eigenvalue weighted by Crippen LogP contribution is 2.22. The van der Waals surface area contributed by atoms with Gasteiger partial charge in [-0.15, -0.1) is 0 Å². The van der Waals surface area contributed by atoms with Crippen molar-refractivity contribution < 1.29 is 0 Å². The molecule has 1 aliphatic rings. The van der Waals surface area contributed by atoms with Crippen LogP contribution in [0.3, 0.4) is 0 Å². The van der Waals surface area contributed by atoms with Crippen molar-refractivity contribution in [2.24, 2.45) is 0 Å². The number of nitrogens with zero attached hydrogens (tertiary/aromatic N) is 2. The van der Waals surface area contributed by atoms with Crippen LogP contribution in [0.4, 0.5) is 0 Å². The van der Waals surface area contributed by atoms with E-state index in [2.05, 4.69) is 52.7 Å². The Labute approximate surface area is 82.4 Å². The molecule has 0 N–H and O–H groups in total. The molecule has 0 spiro atoms. The first-order valence-electron chi connectivity index (χ1n) is 4.14. The maximum absolute atomic E-state index is 4.07. The van der Waals surface area contributed by atoms with E-state index in [1.165, 1.54) is 5.56 Å². The number of hydrogen-bond donors (Lipinski definition) is 0. The van der Waals surface area contributed by atoms with Gasteiger partial charge in [-0.3, -0.25) is 0 Å². The zero-order valence-corrected chi connectivity index (χ0v) is 8.42. The minimum absolute atomic E-state index is 0.898. The van der Waals surface area contributed by atoms with Gasteiger partial charge >= 0.3 is 0 Å². The van der Waals surface area contributed by atoms with Gasteiger partial charge in [0.25, 0.3) is 0 Å². The van der Waals surface area contributed by atoms with Gasteiger partial charge in [-0.25, -0.2) is 0 Å². The highest BCUT2D eigenvalue weighted by molar-refractivity contribution is 7.08. The predicted molar refractivity (Wildman–Crippen MR) is 57.0 cm³/mol. The molecule has 0 aliphatic carbocycles. The van der Waals surface area contributed by atoms with E-state index in [9.17, 15) is 0 Å². The Hall–Kier alpha value is -1.22. The summed E-state index contributed by atoms with van der Waals surface area (Å²) in [5.74, 6) is 0. The minimum atomic E-state index is 0.898. The molecular weight excluding hydrogens is 180 g/mol. The fourth-order valence-corrected chi connectivity index (χ4v) is 1.96. The Morgan fingerprint density at radius 1 is 1.54 bits per heavy atom. The summed E-state index contributed by atoms with van der Waals surface area (Å²) in [6.07, 6.45) is 4.11. The molecule has 0 aromatic carbocycles. The van der Waals surface area contributed by atoms with Gasteiger partial charge in [-0.05, 0) is 16.8 Å². The highest BCUT2D eigenvalue weighted by atomic mass is 32.1. The molecule has 0 bridgehead atoms. The number of hydrogen-bond acceptors (Lipinski definition) is 3. The molecule has 0 saturated carbocycles.